The maximum atomic E-state index is 11.0. The Kier molecular flexibility index (Phi) is 2.55. The second-order valence-electron chi connectivity index (χ2n) is 3.17. The van der Waals surface area contributed by atoms with Gasteiger partial charge in [-0.05, 0) is 12.1 Å². The number of hydrogen-bond donors (Lipinski definition) is 1. The van der Waals surface area contributed by atoms with E-state index in [0.29, 0.717) is 18.0 Å². The minimum Gasteiger partial charge on any atom is -0.458 e. The molecule has 2 rings (SSSR count). The van der Waals surface area contributed by atoms with Crippen LogP contribution in [-0.4, -0.2) is 10.8 Å². The minimum atomic E-state index is -0.0695. The maximum absolute atomic E-state index is 11.0. The van der Waals surface area contributed by atoms with Gasteiger partial charge >= 0.3 is 0 Å². The zero-order chi connectivity index (χ0) is 10.8. The standard InChI is InChI=1S/C10H10N2O2S/c1-6(13)8-3-2-7(14-8)4-10-12-9(11)5-15-10/h2-3,5H,4,11H2,1H3. The molecule has 2 heterocycles. The minimum absolute atomic E-state index is 0.0695. The van der Waals surface area contributed by atoms with Crippen LogP contribution in [0.4, 0.5) is 5.82 Å². The van der Waals surface area contributed by atoms with Gasteiger partial charge in [0.05, 0.1) is 6.42 Å². The summed E-state index contributed by atoms with van der Waals surface area (Å²) in [5, 5.41) is 2.67. The molecule has 0 aromatic carbocycles. The molecule has 5 heteroatoms. The van der Waals surface area contributed by atoms with Gasteiger partial charge in [0.15, 0.2) is 11.5 Å². The smallest absolute Gasteiger partial charge is 0.194 e. The van der Waals surface area contributed by atoms with Gasteiger partial charge in [-0.3, -0.25) is 4.79 Å². The number of nitrogens with two attached hydrogens (primary N) is 1. The zero-order valence-electron chi connectivity index (χ0n) is 8.19. The lowest BCUT2D eigenvalue weighted by molar-refractivity contribution is 0.0985. The normalized spacial score (nSPS) is 10.5. The van der Waals surface area contributed by atoms with E-state index in [0.717, 1.165) is 10.8 Å². The highest BCUT2D eigenvalue weighted by Gasteiger charge is 2.08. The van der Waals surface area contributed by atoms with Crippen molar-refractivity contribution in [2.75, 3.05) is 5.73 Å². The second kappa shape index (κ2) is 3.86. The van der Waals surface area contributed by atoms with Gasteiger partial charge in [-0.2, -0.15) is 0 Å². The third-order valence-electron chi connectivity index (χ3n) is 1.90. The molecule has 0 unspecified atom stereocenters. The fourth-order valence-corrected chi connectivity index (χ4v) is 1.91. The number of furan rings is 1. The highest BCUT2D eigenvalue weighted by Crippen LogP contribution is 2.17. The average Bonchev–Trinajstić information content (AvgIpc) is 2.76. The lowest BCUT2D eigenvalue weighted by Crippen LogP contribution is -1.89. The summed E-state index contributed by atoms with van der Waals surface area (Å²) in [6.07, 6.45) is 0.579. The summed E-state index contributed by atoms with van der Waals surface area (Å²) in [5.74, 6) is 1.57. The number of anilines is 1. The predicted octanol–water partition coefficient (Wildman–Crippen LogP) is 2.11. The van der Waals surface area contributed by atoms with Crippen molar-refractivity contribution in [3.05, 3.63) is 34.0 Å². The number of hydrogen-bond acceptors (Lipinski definition) is 5. The fraction of sp³-hybridized carbons (Fsp3) is 0.200. The van der Waals surface area contributed by atoms with Crippen LogP contribution >= 0.6 is 11.3 Å². The van der Waals surface area contributed by atoms with Gasteiger partial charge < -0.3 is 10.2 Å². The van der Waals surface area contributed by atoms with Gasteiger partial charge in [0.25, 0.3) is 0 Å². The Bertz CT molecular complexity index is 487. The Hall–Kier alpha value is -1.62. The summed E-state index contributed by atoms with van der Waals surface area (Å²) in [6.45, 7) is 1.48. The first-order valence-electron chi connectivity index (χ1n) is 4.44. The molecule has 0 saturated carbocycles. The Morgan fingerprint density at radius 1 is 1.60 bits per heavy atom. The molecule has 4 nitrogen and oxygen atoms in total. The molecule has 0 radical (unpaired) electrons. The number of nitrogens with zero attached hydrogens (tertiary/aromatic N) is 1. The molecule has 0 aliphatic carbocycles. The lowest BCUT2D eigenvalue weighted by Gasteiger charge is -1.91. The van der Waals surface area contributed by atoms with Gasteiger partial charge in [0, 0.05) is 12.3 Å². The molecule has 0 bridgehead atoms. The molecular formula is C10H10N2O2S. The molecule has 0 atom stereocenters. The summed E-state index contributed by atoms with van der Waals surface area (Å²) in [4.78, 5) is 15.1. The van der Waals surface area contributed by atoms with Crippen molar-refractivity contribution in [3.63, 3.8) is 0 Å². The van der Waals surface area contributed by atoms with Crippen LogP contribution in [0.5, 0.6) is 0 Å². The Morgan fingerprint density at radius 3 is 2.93 bits per heavy atom. The van der Waals surface area contributed by atoms with E-state index in [1.165, 1.54) is 18.3 Å². The first-order chi connectivity index (χ1) is 7.15. The highest BCUT2D eigenvalue weighted by molar-refractivity contribution is 7.10. The van der Waals surface area contributed by atoms with Gasteiger partial charge in [-0.15, -0.1) is 11.3 Å². The third kappa shape index (κ3) is 2.24. The lowest BCUT2D eigenvalue weighted by atomic mass is 10.3. The average molecular weight is 222 g/mol. The molecule has 15 heavy (non-hydrogen) atoms. The van der Waals surface area contributed by atoms with Crippen molar-refractivity contribution in [1.82, 2.24) is 4.98 Å². The topological polar surface area (TPSA) is 69.1 Å². The van der Waals surface area contributed by atoms with Crippen molar-refractivity contribution in [2.24, 2.45) is 0 Å². The van der Waals surface area contributed by atoms with E-state index >= 15 is 0 Å². The molecule has 0 aliphatic heterocycles. The monoisotopic (exact) mass is 222 g/mol. The zero-order valence-corrected chi connectivity index (χ0v) is 9.00. The Labute approximate surface area is 90.7 Å². The quantitative estimate of drug-likeness (QED) is 0.807. The van der Waals surface area contributed by atoms with Gasteiger partial charge in [-0.1, -0.05) is 0 Å². The number of Topliss-reactive ketones (excluding diaryl/α,β-unsaturated/α-hetero) is 1. The Balaban J connectivity index is 2.14. The van der Waals surface area contributed by atoms with Crippen molar-refractivity contribution in [1.29, 1.82) is 0 Å². The fourth-order valence-electron chi connectivity index (χ4n) is 1.22. The molecule has 0 saturated heterocycles. The van der Waals surface area contributed by atoms with Gasteiger partial charge in [0.2, 0.25) is 0 Å². The van der Waals surface area contributed by atoms with Crippen LogP contribution in [0.3, 0.4) is 0 Å². The summed E-state index contributed by atoms with van der Waals surface area (Å²) < 4.78 is 5.33. The van der Waals surface area contributed by atoms with Crippen molar-refractivity contribution in [3.8, 4) is 0 Å². The van der Waals surface area contributed by atoms with E-state index in [1.807, 2.05) is 0 Å². The first-order valence-corrected chi connectivity index (χ1v) is 5.32. The van der Waals surface area contributed by atoms with Crippen LogP contribution in [0.2, 0.25) is 0 Å². The molecular weight excluding hydrogens is 212 g/mol. The summed E-state index contributed by atoms with van der Waals surface area (Å²) in [6, 6.07) is 3.46. The van der Waals surface area contributed by atoms with Crippen LogP contribution in [0.1, 0.15) is 28.2 Å². The largest absolute Gasteiger partial charge is 0.458 e. The van der Waals surface area contributed by atoms with Crippen LogP contribution in [-0.2, 0) is 6.42 Å². The van der Waals surface area contributed by atoms with E-state index in [1.54, 1.807) is 17.5 Å². The molecule has 2 aromatic rings. The number of nitrogen functional groups attached to an aromatic ring is 1. The van der Waals surface area contributed by atoms with Gasteiger partial charge in [0.1, 0.15) is 16.6 Å². The summed E-state index contributed by atoms with van der Waals surface area (Å²) in [7, 11) is 0. The molecule has 0 fully saturated rings. The number of rotatable bonds is 3. The maximum Gasteiger partial charge on any atom is 0.194 e. The SMILES string of the molecule is CC(=O)c1ccc(Cc2nc(N)cs2)o1. The first kappa shape index (κ1) is 9.92. The van der Waals surface area contributed by atoms with Crippen molar-refractivity contribution < 1.29 is 9.21 Å². The number of carbonyl (C=O) groups excluding carboxylic acids is 1. The summed E-state index contributed by atoms with van der Waals surface area (Å²) >= 11 is 1.48. The number of aromatic nitrogens is 1. The Morgan fingerprint density at radius 2 is 2.40 bits per heavy atom. The van der Waals surface area contributed by atoms with Crippen LogP contribution in [0.15, 0.2) is 21.9 Å². The molecule has 0 amide bonds. The van der Waals surface area contributed by atoms with Crippen LogP contribution < -0.4 is 5.73 Å². The van der Waals surface area contributed by atoms with E-state index < -0.39 is 0 Å². The van der Waals surface area contributed by atoms with Crippen molar-refractivity contribution >= 4 is 22.9 Å². The van der Waals surface area contributed by atoms with E-state index in [-0.39, 0.29) is 5.78 Å². The second-order valence-corrected chi connectivity index (χ2v) is 4.11. The molecule has 78 valence electrons. The van der Waals surface area contributed by atoms with Gasteiger partial charge in [-0.25, -0.2) is 4.98 Å². The molecule has 2 N–H and O–H groups in total. The van der Waals surface area contributed by atoms with Crippen LogP contribution in [0, 0.1) is 0 Å². The molecule has 0 aliphatic rings. The number of carbonyl (C=O) groups is 1. The molecule has 0 spiro atoms. The van der Waals surface area contributed by atoms with E-state index in [2.05, 4.69) is 4.98 Å². The van der Waals surface area contributed by atoms with E-state index in [9.17, 15) is 4.79 Å². The van der Waals surface area contributed by atoms with Crippen LogP contribution in [0.25, 0.3) is 0 Å². The predicted molar refractivity (Wildman–Crippen MR) is 58.0 cm³/mol. The summed E-state index contributed by atoms with van der Waals surface area (Å²) in [5.41, 5.74) is 5.50. The number of ketones is 1. The molecule has 2 aromatic heterocycles. The highest BCUT2D eigenvalue weighted by atomic mass is 32.1. The number of thiazole rings is 1. The van der Waals surface area contributed by atoms with Crippen molar-refractivity contribution in [2.45, 2.75) is 13.3 Å². The van der Waals surface area contributed by atoms with E-state index in [4.69, 9.17) is 10.2 Å². The third-order valence-corrected chi connectivity index (χ3v) is 2.77.